The molecule has 0 spiro atoms. The molecule has 0 radical (unpaired) electrons. The van der Waals surface area contributed by atoms with Crippen LogP contribution in [0.5, 0.6) is 17.4 Å². The molecule has 0 aliphatic carbocycles. The van der Waals surface area contributed by atoms with Crippen molar-refractivity contribution in [2.75, 3.05) is 46.3 Å². The van der Waals surface area contributed by atoms with Crippen molar-refractivity contribution in [2.45, 2.75) is 39.1 Å². The van der Waals surface area contributed by atoms with Crippen molar-refractivity contribution in [3.63, 3.8) is 0 Å². The third kappa shape index (κ3) is 9.36. The molecule has 3 aliphatic rings. The SMILES string of the molecule is Cc1c2ccc(c1Cl)CN(CCN1CCN(C)CC1)Cc1ccc(OCc3ccnc(-c4ccc(O)cc4)n3)c(c1)C[C@H](C(=O)O)Oc1ncnc3sc(-c4ccc(F)cc4)c-2c13. The minimum absolute atomic E-state index is 0.0449. The second kappa shape index (κ2) is 18.4. The first-order chi connectivity index (χ1) is 30.6. The number of fused-ring (bicyclic) bond motifs is 6. The van der Waals surface area contributed by atoms with Gasteiger partial charge in [0, 0.05) is 86.0 Å². The normalized spacial score (nSPS) is 16.3. The first-order valence-corrected chi connectivity index (χ1v) is 22.0. The Morgan fingerprint density at radius 3 is 2.44 bits per heavy atom. The van der Waals surface area contributed by atoms with E-state index < -0.39 is 12.1 Å². The van der Waals surface area contributed by atoms with E-state index in [2.05, 4.69) is 48.8 Å². The molecule has 4 bridgehead atoms. The Kier molecular flexibility index (Phi) is 12.3. The second-order valence-electron chi connectivity index (χ2n) is 16.0. The molecule has 12 nitrogen and oxygen atoms in total. The molecule has 6 heterocycles. The quantitative estimate of drug-likeness (QED) is 0.144. The van der Waals surface area contributed by atoms with Crippen LogP contribution in [-0.4, -0.2) is 103 Å². The molecule has 0 unspecified atom stereocenters. The Morgan fingerprint density at radius 2 is 1.67 bits per heavy atom. The highest BCUT2D eigenvalue weighted by Gasteiger charge is 2.29. The molecule has 0 saturated carbocycles. The van der Waals surface area contributed by atoms with E-state index in [1.54, 1.807) is 48.7 Å². The number of thiophene rings is 1. The van der Waals surface area contributed by atoms with Crippen molar-refractivity contribution in [1.82, 2.24) is 34.6 Å². The van der Waals surface area contributed by atoms with Gasteiger partial charge in [-0.05, 0) is 95.9 Å². The molecule has 1 atom stereocenters. The van der Waals surface area contributed by atoms with Gasteiger partial charge < -0.3 is 24.6 Å². The molecule has 3 aromatic heterocycles. The van der Waals surface area contributed by atoms with E-state index in [-0.39, 0.29) is 30.5 Å². The summed E-state index contributed by atoms with van der Waals surface area (Å²) in [6.45, 7) is 8.87. The second-order valence-corrected chi connectivity index (χ2v) is 17.4. The highest BCUT2D eigenvalue weighted by molar-refractivity contribution is 7.22. The van der Waals surface area contributed by atoms with Gasteiger partial charge in [0.1, 0.15) is 35.1 Å². The van der Waals surface area contributed by atoms with Gasteiger partial charge in [0.15, 0.2) is 5.82 Å². The minimum Gasteiger partial charge on any atom is -0.508 e. The fourth-order valence-corrected chi connectivity index (χ4v) is 9.56. The Balaban J connectivity index is 1.14. The highest BCUT2D eigenvalue weighted by Crippen LogP contribution is 2.49. The predicted octanol–water partition coefficient (Wildman–Crippen LogP) is 8.51. The van der Waals surface area contributed by atoms with E-state index in [1.807, 2.05) is 25.1 Å². The van der Waals surface area contributed by atoms with Crippen LogP contribution < -0.4 is 9.47 Å². The molecule has 322 valence electrons. The number of carbonyl (C=O) groups is 1. The van der Waals surface area contributed by atoms with E-state index in [0.29, 0.717) is 51.2 Å². The van der Waals surface area contributed by atoms with E-state index in [0.717, 1.165) is 83.1 Å². The maximum absolute atomic E-state index is 14.3. The number of piperazine rings is 1. The molecule has 1 fully saturated rings. The number of halogens is 2. The standard InChI is InChI=1S/C48H45ClFN7O5S/c1-29-38-13-8-33(43(29)49)26-57(22-21-56-19-17-55(2)18-20-56)25-30-3-14-39(61-27-36-15-16-51-45(54-36)32-6-11-37(58)12-7-32)34(23-30)24-40(48(59)60)62-46-42-41(38)44(63-47(42)53-28-52-46)31-4-9-35(50)10-5-31/h3-16,23,28,40,58H,17-22,24-27H2,1-2H3,(H,59,60)/t40-/m1/s1. The Hall–Kier alpha value is -6.03. The summed E-state index contributed by atoms with van der Waals surface area (Å²) in [6.07, 6.45) is 1.60. The lowest BCUT2D eigenvalue weighted by Gasteiger charge is -2.34. The van der Waals surface area contributed by atoms with Crippen LogP contribution in [-0.2, 0) is 30.9 Å². The first-order valence-electron chi connectivity index (χ1n) is 20.8. The zero-order valence-corrected chi connectivity index (χ0v) is 36.4. The number of hydrogen-bond acceptors (Lipinski definition) is 12. The number of carboxylic acids is 1. The summed E-state index contributed by atoms with van der Waals surface area (Å²) in [5, 5.41) is 21.8. The summed E-state index contributed by atoms with van der Waals surface area (Å²) in [5.74, 6) is -0.324. The van der Waals surface area contributed by atoms with Crippen LogP contribution in [0.1, 0.15) is 27.9 Å². The molecule has 3 aliphatic heterocycles. The first kappa shape index (κ1) is 42.3. The molecule has 7 aromatic rings. The topological polar surface area (TPSA) is 137 Å². The fourth-order valence-electron chi connectivity index (χ4n) is 8.18. The number of ether oxygens (including phenoxy) is 2. The third-order valence-corrected chi connectivity index (χ3v) is 13.4. The van der Waals surface area contributed by atoms with Crippen LogP contribution >= 0.6 is 22.9 Å². The van der Waals surface area contributed by atoms with Crippen molar-refractivity contribution in [1.29, 1.82) is 0 Å². The van der Waals surface area contributed by atoms with Crippen molar-refractivity contribution in [3.05, 3.63) is 136 Å². The average Bonchev–Trinajstić information content (AvgIpc) is 3.67. The largest absolute Gasteiger partial charge is 0.508 e. The summed E-state index contributed by atoms with van der Waals surface area (Å²) in [6, 6.07) is 24.7. The molecule has 15 heteroatoms. The summed E-state index contributed by atoms with van der Waals surface area (Å²) in [5.41, 5.74) is 7.09. The summed E-state index contributed by atoms with van der Waals surface area (Å²) in [7, 11) is 2.15. The number of benzene rings is 4. The lowest BCUT2D eigenvalue weighted by molar-refractivity contribution is -0.145. The van der Waals surface area contributed by atoms with E-state index in [9.17, 15) is 19.4 Å². The van der Waals surface area contributed by atoms with Crippen LogP contribution in [0.2, 0.25) is 5.02 Å². The number of aromatic hydroxyl groups is 1. The Morgan fingerprint density at radius 1 is 0.905 bits per heavy atom. The molecular weight excluding hydrogens is 841 g/mol. The van der Waals surface area contributed by atoms with Crippen molar-refractivity contribution in [3.8, 4) is 50.3 Å². The Bertz CT molecular complexity index is 2780. The number of aromatic nitrogens is 4. The third-order valence-electron chi connectivity index (χ3n) is 11.7. The Labute approximate surface area is 373 Å². The summed E-state index contributed by atoms with van der Waals surface area (Å²) >= 11 is 8.76. The molecule has 1 saturated heterocycles. The average molecular weight is 886 g/mol. The molecule has 4 aromatic carbocycles. The zero-order valence-electron chi connectivity index (χ0n) is 34.8. The van der Waals surface area contributed by atoms with Crippen LogP contribution in [0.4, 0.5) is 4.39 Å². The summed E-state index contributed by atoms with van der Waals surface area (Å²) < 4.78 is 27.2. The number of nitrogens with zero attached hydrogens (tertiary/aromatic N) is 7. The predicted molar refractivity (Wildman–Crippen MR) is 242 cm³/mol. The number of rotatable bonds is 9. The summed E-state index contributed by atoms with van der Waals surface area (Å²) in [4.78, 5) is 40.1. The fraction of sp³-hybridized carbons (Fsp3) is 0.271. The number of hydrogen-bond donors (Lipinski definition) is 2. The van der Waals surface area contributed by atoms with Gasteiger partial charge in [-0.2, -0.15) is 0 Å². The number of likely N-dealkylation sites (N-methyl/N-ethyl adjacent to an activating group) is 1. The van der Waals surface area contributed by atoms with Crippen LogP contribution in [0.25, 0.3) is 43.2 Å². The van der Waals surface area contributed by atoms with Crippen molar-refractivity contribution >= 4 is 39.1 Å². The minimum atomic E-state index is -1.38. The van der Waals surface area contributed by atoms with Gasteiger partial charge in [-0.3, -0.25) is 9.80 Å². The maximum atomic E-state index is 14.3. The number of carboxylic acid groups (broad SMARTS) is 1. The van der Waals surface area contributed by atoms with Crippen LogP contribution in [0.3, 0.4) is 0 Å². The lowest BCUT2D eigenvalue weighted by atomic mass is 9.94. The molecule has 10 rings (SSSR count). The van der Waals surface area contributed by atoms with E-state index >= 15 is 0 Å². The van der Waals surface area contributed by atoms with Crippen molar-refractivity contribution in [2.24, 2.45) is 0 Å². The highest BCUT2D eigenvalue weighted by atomic mass is 35.5. The lowest BCUT2D eigenvalue weighted by Crippen LogP contribution is -2.46. The van der Waals surface area contributed by atoms with Gasteiger partial charge >= 0.3 is 5.97 Å². The van der Waals surface area contributed by atoms with Gasteiger partial charge in [-0.15, -0.1) is 11.3 Å². The van der Waals surface area contributed by atoms with Gasteiger partial charge in [-0.1, -0.05) is 48.0 Å². The molecular formula is C48H45ClFN7O5S. The van der Waals surface area contributed by atoms with E-state index in [1.165, 1.54) is 29.8 Å². The van der Waals surface area contributed by atoms with Gasteiger partial charge in [0.25, 0.3) is 0 Å². The van der Waals surface area contributed by atoms with Gasteiger partial charge in [0.2, 0.25) is 12.0 Å². The zero-order chi connectivity index (χ0) is 43.6. The van der Waals surface area contributed by atoms with E-state index in [4.69, 9.17) is 26.1 Å². The molecule has 0 amide bonds. The maximum Gasteiger partial charge on any atom is 0.345 e. The van der Waals surface area contributed by atoms with Crippen LogP contribution in [0, 0.1) is 12.7 Å². The smallest absolute Gasteiger partial charge is 0.345 e. The van der Waals surface area contributed by atoms with Crippen LogP contribution in [0.15, 0.2) is 97.5 Å². The van der Waals surface area contributed by atoms with Gasteiger partial charge in [-0.25, -0.2) is 29.1 Å². The number of phenolic OH excluding ortho intramolecular Hbond substituents is 1. The van der Waals surface area contributed by atoms with Crippen molar-refractivity contribution < 1.29 is 28.9 Å². The monoisotopic (exact) mass is 885 g/mol. The van der Waals surface area contributed by atoms with Gasteiger partial charge in [0.05, 0.1) is 11.1 Å². The molecule has 2 N–H and O–H groups in total. The number of phenols is 1. The number of aliphatic carboxylic acids is 1. The molecule has 63 heavy (non-hydrogen) atoms.